The Morgan fingerprint density at radius 2 is 1.88 bits per heavy atom. The van der Waals surface area contributed by atoms with Crippen LogP contribution in [0, 0.1) is 5.92 Å². The van der Waals surface area contributed by atoms with Crippen molar-refractivity contribution in [2.45, 2.75) is 97.1 Å². The number of ether oxygens (including phenoxy) is 3. The van der Waals surface area contributed by atoms with Crippen LogP contribution in [0.3, 0.4) is 0 Å². The van der Waals surface area contributed by atoms with Gasteiger partial charge in [0.1, 0.15) is 18.0 Å². The molecule has 0 saturated heterocycles. The first-order valence-electron chi connectivity index (χ1n) is 15.4. The molecule has 2 atom stereocenters. The van der Waals surface area contributed by atoms with Crippen LogP contribution in [-0.4, -0.2) is 58.1 Å². The van der Waals surface area contributed by atoms with Gasteiger partial charge in [0.2, 0.25) is 6.23 Å². The van der Waals surface area contributed by atoms with Crippen LogP contribution in [0.15, 0.2) is 30.3 Å². The standard InChI is InChI=1S/C32H46N3O5S/c1-4-6-7-13-21-38-31-30(33-41-34-31)26-18-14-20-35(3,23-26)28(5-2)40-29(36)22-25-17-11-12-19-27(25)39-32(37)24-15-9-8-10-16-24/h11-12,17-19,24,28H,4-10,13-16,20-23H2,1-3H3/q+1. The number of rotatable bonds is 14. The van der Waals surface area contributed by atoms with Crippen LogP contribution in [0.4, 0.5) is 0 Å². The number of aromatic nitrogens is 2. The van der Waals surface area contributed by atoms with Crippen LogP contribution in [-0.2, 0) is 20.7 Å². The van der Waals surface area contributed by atoms with E-state index in [9.17, 15) is 9.59 Å². The first kappa shape index (κ1) is 31.2. The molecular formula is C32H46N3O5S+. The first-order chi connectivity index (χ1) is 19.9. The molecule has 1 aliphatic heterocycles. The predicted octanol–water partition coefficient (Wildman–Crippen LogP) is 6.74. The lowest BCUT2D eigenvalue weighted by molar-refractivity contribution is -0.947. The number of hydrogen-bond donors (Lipinski definition) is 0. The number of likely N-dealkylation sites (N-methyl/N-ethyl adjacent to an activating group) is 1. The van der Waals surface area contributed by atoms with E-state index in [2.05, 4.69) is 35.7 Å². The van der Waals surface area contributed by atoms with Gasteiger partial charge in [-0.25, -0.2) is 0 Å². The summed E-state index contributed by atoms with van der Waals surface area (Å²) in [5.41, 5.74) is 2.57. The molecule has 2 heterocycles. The lowest BCUT2D eigenvalue weighted by Crippen LogP contribution is -2.56. The van der Waals surface area contributed by atoms with Crippen LogP contribution in [0.5, 0.6) is 11.6 Å². The molecule has 0 amide bonds. The second kappa shape index (κ2) is 15.4. The molecule has 41 heavy (non-hydrogen) atoms. The molecule has 1 fully saturated rings. The summed E-state index contributed by atoms with van der Waals surface area (Å²) in [4.78, 5) is 26.0. The van der Waals surface area contributed by atoms with Crippen molar-refractivity contribution in [1.82, 2.24) is 8.75 Å². The van der Waals surface area contributed by atoms with E-state index in [0.717, 1.165) is 62.8 Å². The van der Waals surface area contributed by atoms with Crippen molar-refractivity contribution in [2.75, 3.05) is 26.7 Å². The Morgan fingerprint density at radius 3 is 2.66 bits per heavy atom. The van der Waals surface area contributed by atoms with Crippen molar-refractivity contribution in [2.24, 2.45) is 5.92 Å². The quantitative estimate of drug-likeness (QED) is 0.105. The van der Waals surface area contributed by atoms with Crippen molar-refractivity contribution < 1.29 is 28.3 Å². The molecule has 2 unspecified atom stereocenters. The molecule has 0 spiro atoms. The summed E-state index contributed by atoms with van der Waals surface area (Å²) in [6.07, 6.45) is 13.1. The Balaban J connectivity index is 1.37. The van der Waals surface area contributed by atoms with Crippen LogP contribution < -0.4 is 9.47 Å². The average Bonchev–Trinajstić information content (AvgIpc) is 3.46. The number of para-hydroxylation sites is 1. The zero-order valence-electron chi connectivity index (χ0n) is 24.9. The summed E-state index contributed by atoms with van der Waals surface area (Å²) in [5, 5.41) is 0. The number of carbonyl (C=O) groups excluding carboxylic acids is 2. The Kier molecular flexibility index (Phi) is 11.7. The number of benzene rings is 1. The van der Waals surface area contributed by atoms with Crippen LogP contribution in [0.25, 0.3) is 5.57 Å². The summed E-state index contributed by atoms with van der Waals surface area (Å²) in [6, 6.07) is 7.29. The second-order valence-corrected chi connectivity index (χ2v) is 12.1. The molecule has 8 nitrogen and oxygen atoms in total. The van der Waals surface area contributed by atoms with E-state index in [0.29, 0.717) is 41.2 Å². The van der Waals surface area contributed by atoms with E-state index in [1.165, 1.54) is 31.0 Å². The fourth-order valence-electron chi connectivity index (χ4n) is 5.93. The van der Waals surface area contributed by atoms with Crippen molar-refractivity contribution in [3.05, 3.63) is 41.6 Å². The second-order valence-electron chi connectivity index (χ2n) is 11.6. The van der Waals surface area contributed by atoms with Gasteiger partial charge in [-0.05, 0) is 25.3 Å². The SMILES string of the molecule is CCCCCCOc1nsnc1C1=CCC[N+](C)(C(CC)OC(=O)Cc2ccccc2OC(=O)C2CCCCC2)C1. The Hall–Kier alpha value is -2.78. The summed E-state index contributed by atoms with van der Waals surface area (Å²) in [6.45, 7) is 6.43. The monoisotopic (exact) mass is 584 g/mol. The molecule has 2 aromatic rings. The fraction of sp³-hybridized carbons (Fsp3) is 0.625. The lowest BCUT2D eigenvalue weighted by Gasteiger charge is -2.42. The van der Waals surface area contributed by atoms with Crippen molar-refractivity contribution >= 4 is 29.2 Å². The highest BCUT2D eigenvalue weighted by Gasteiger charge is 2.38. The molecule has 1 aliphatic carbocycles. The molecule has 0 bridgehead atoms. The zero-order chi connectivity index (χ0) is 29.1. The van der Waals surface area contributed by atoms with Crippen LogP contribution in [0.2, 0.25) is 0 Å². The van der Waals surface area contributed by atoms with Gasteiger partial charge >= 0.3 is 11.9 Å². The molecule has 0 N–H and O–H groups in total. The molecular weight excluding hydrogens is 538 g/mol. The summed E-state index contributed by atoms with van der Waals surface area (Å²) >= 11 is 1.17. The summed E-state index contributed by atoms with van der Waals surface area (Å²) in [7, 11) is 2.14. The van der Waals surface area contributed by atoms with Gasteiger partial charge in [0, 0.05) is 24.0 Å². The highest BCUT2D eigenvalue weighted by atomic mass is 32.1. The molecule has 1 aromatic carbocycles. The number of carbonyl (C=O) groups is 2. The van der Waals surface area contributed by atoms with Gasteiger partial charge in [-0.15, -0.1) is 4.37 Å². The molecule has 1 saturated carbocycles. The lowest BCUT2D eigenvalue weighted by atomic mass is 9.89. The molecule has 9 heteroatoms. The first-order valence-corrected chi connectivity index (χ1v) is 16.1. The molecule has 0 radical (unpaired) electrons. The number of quaternary nitrogens is 1. The molecule has 4 rings (SSSR count). The van der Waals surface area contributed by atoms with Gasteiger partial charge in [-0.2, -0.15) is 4.37 Å². The smallest absolute Gasteiger partial charge is 0.314 e. The van der Waals surface area contributed by atoms with E-state index in [1.54, 1.807) is 6.07 Å². The Bertz CT molecular complexity index is 1180. The third kappa shape index (κ3) is 8.61. The van der Waals surface area contributed by atoms with Crippen molar-refractivity contribution in [1.29, 1.82) is 0 Å². The summed E-state index contributed by atoms with van der Waals surface area (Å²) < 4.78 is 27.5. The number of unbranched alkanes of at least 4 members (excludes halogenated alkanes) is 3. The van der Waals surface area contributed by atoms with Gasteiger partial charge in [0.05, 0.1) is 44.3 Å². The van der Waals surface area contributed by atoms with Crippen molar-refractivity contribution in [3.8, 4) is 11.6 Å². The Morgan fingerprint density at radius 1 is 1.07 bits per heavy atom. The minimum atomic E-state index is -0.320. The molecule has 2 aliphatic rings. The summed E-state index contributed by atoms with van der Waals surface area (Å²) in [5.74, 6) is 0.493. The third-order valence-electron chi connectivity index (χ3n) is 8.33. The van der Waals surface area contributed by atoms with Gasteiger partial charge in [0.15, 0.2) is 0 Å². The minimum absolute atomic E-state index is 0.0549. The number of esters is 2. The van der Waals surface area contributed by atoms with Gasteiger partial charge in [0.25, 0.3) is 5.88 Å². The third-order valence-corrected chi connectivity index (χ3v) is 8.84. The highest BCUT2D eigenvalue weighted by molar-refractivity contribution is 6.99. The molecule has 1 aromatic heterocycles. The Labute approximate surface area is 249 Å². The maximum Gasteiger partial charge on any atom is 0.314 e. The highest BCUT2D eigenvalue weighted by Crippen LogP contribution is 2.33. The van der Waals surface area contributed by atoms with Crippen molar-refractivity contribution in [3.63, 3.8) is 0 Å². The van der Waals surface area contributed by atoms with E-state index in [4.69, 9.17) is 14.2 Å². The maximum atomic E-state index is 13.2. The normalized spacial score (nSPS) is 20.2. The number of nitrogens with zero attached hydrogens (tertiary/aromatic N) is 3. The van der Waals surface area contributed by atoms with E-state index >= 15 is 0 Å². The van der Waals surface area contributed by atoms with Gasteiger partial charge in [-0.3, -0.25) is 14.1 Å². The van der Waals surface area contributed by atoms with Gasteiger partial charge < -0.3 is 14.2 Å². The van der Waals surface area contributed by atoms with E-state index in [-0.39, 0.29) is 30.5 Å². The number of hydrogen-bond acceptors (Lipinski definition) is 8. The zero-order valence-corrected chi connectivity index (χ0v) is 25.8. The van der Waals surface area contributed by atoms with E-state index in [1.807, 2.05) is 18.2 Å². The maximum absolute atomic E-state index is 13.2. The van der Waals surface area contributed by atoms with Crippen LogP contribution >= 0.6 is 11.7 Å². The average molecular weight is 585 g/mol. The topological polar surface area (TPSA) is 87.6 Å². The van der Waals surface area contributed by atoms with Gasteiger partial charge in [-0.1, -0.05) is 76.6 Å². The minimum Gasteiger partial charge on any atom is -0.475 e. The molecule has 224 valence electrons. The largest absolute Gasteiger partial charge is 0.475 e. The fourth-order valence-corrected chi connectivity index (χ4v) is 6.46. The van der Waals surface area contributed by atoms with E-state index < -0.39 is 0 Å². The predicted molar refractivity (Wildman–Crippen MR) is 161 cm³/mol. The van der Waals surface area contributed by atoms with Crippen LogP contribution in [0.1, 0.15) is 95.7 Å².